The second-order valence-corrected chi connectivity index (χ2v) is 5.71. The SMILES string of the molecule is Nc1nc(N)c2c3c(sc2n1)-c1ccccc1CC3. The zero-order chi connectivity index (χ0) is 13.0. The lowest BCUT2D eigenvalue weighted by molar-refractivity contribution is 0.957. The van der Waals surface area contributed by atoms with Crippen molar-refractivity contribution < 1.29 is 0 Å². The third-order valence-corrected chi connectivity index (χ3v) is 4.76. The smallest absolute Gasteiger partial charge is 0.223 e. The standard InChI is InChI=1S/C14H12N4S/c15-12-10-9-6-5-7-3-1-2-4-8(7)11(9)19-13(10)18-14(16)17-12/h1-4H,5-6H2,(H4,15,16,17,18). The predicted octanol–water partition coefficient (Wildman–Crippen LogP) is 2.62. The summed E-state index contributed by atoms with van der Waals surface area (Å²) in [7, 11) is 0. The minimum absolute atomic E-state index is 0.247. The number of rotatable bonds is 0. The first kappa shape index (κ1) is 10.8. The molecule has 2 aromatic heterocycles. The summed E-state index contributed by atoms with van der Waals surface area (Å²) < 4.78 is 0. The van der Waals surface area contributed by atoms with Crippen LogP contribution in [0, 0.1) is 0 Å². The topological polar surface area (TPSA) is 77.8 Å². The van der Waals surface area contributed by atoms with Crippen molar-refractivity contribution in [1.29, 1.82) is 0 Å². The molecule has 0 atom stereocenters. The molecule has 0 spiro atoms. The van der Waals surface area contributed by atoms with Gasteiger partial charge in [0.05, 0.1) is 5.39 Å². The lowest BCUT2D eigenvalue weighted by Gasteiger charge is -2.16. The van der Waals surface area contributed by atoms with Crippen LogP contribution in [0.1, 0.15) is 11.1 Å². The number of hydrogen-bond acceptors (Lipinski definition) is 5. The van der Waals surface area contributed by atoms with E-state index in [0.717, 1.165) is 23.1 Å². The third kappa shape index (κ3) is 1.45. The van der Waals surface area contributed by atoms with Gasteiger partial charge >= 0.3 is 0 Å². The van der Waals surface area contributed by atoms with Crippen molar-refractivity contribution in [2.45, 2.75) is 12.8 Å². The minimum atomic E-state index is 0.247. The number of aromatic nitrogens is 2. The maximum atomic E-state index is 6.02. The summed E-state index contributed by atoms with van der Waals surface area (Å²) in [6.07, 6.45) is 2.03. The molecule has 0 amide bonds. The van der Waals surface area contributed by atoms with E-state index in [1.54, 1.807) is 11.3 Å². The molecule has 4 N–H and O–H groups in total. The van der Waals surface area contributed by atoms with Crippen LogP contribution in [0.5, 0.6) is 0 Å². The Balaban J connectivity index is 2.11. The van der Waals surface area contributed by atoms with Crippen LogP contribution in [0.25, 0.3) is 20.7 Å². The fourth-order valence-electron chi connectivity index (χ4n) is 2.78. The first-order valence-corrected chi connectivity index (χ1v) is 6.98. The van der Waals surface area contributed by atoms with Crippen LogP contribution in [0.2, 0.25) is 0 Å². The summed E-state index contributed by atoms with van der Waals surface area (Å²) in [5.74, 6) is 0.747. The quantitative estimate of drug-likeness (QED) is 0.657. The van der Waals surface area contributed by atoms with E-state index in [2.05, 4.69) is 34.2 Å². The van der Waals surface area contributed by atoms with Crippen molar-refractivity contribution >= 4 is 33.3 Å². The van der Waals surface area contributed by atoms with Gasteiger partial charge in [0.15, 0.2) is 0 Å². The van der Waals surface area contributed by atoms with E-state index in [4.69, 9.17) is 11.5 Å². The molecule has 1 aliphatic carbocycles. The highest BCUT2D eigenvalue weighted by atomic mass is 32.1. The maximum Gasteiger partial charge on any atom is 0.223 e. The van der Waals surface area contributed by atoms with Crippen LogP contribution >= 0.6 is 11.3 Å². The van der Waals surface area contributed by atoms with Gasteiger partial charge in [-0.05, 0) is 29.5 Å². The largest absolute Gasteiger partial charge is 0.383 e. The van der Waals surface area contributed by atoms with E-state index in [9.17, 15) is 0 Å². The predicted molar refractivity (Wildman–Crippen MR) is 79.1 cm³/mol. The molecule has 0 saturated heterocycles. The van der Waals surface area contributed by atoms with Crippen LogP contribution in [0.15, 0.2) is 24.3 Å². The number of aryl methyl sites for hydroxylation is 2. The second-order valence-electron chi connectivity index (χ2n) is 4.71. The van der Waals surface area contributed by atoms with Gasteiger partial charge in [-0.25, -0.2) is 4.98 Å². The summed E-state index contributed by atoms with van der Waals surface area (Å²) in [6, 6.07) is 8.51. The Morgan fingerprint density at radius 1 is 1.05 bits per heavy atom. The van der Waals surface area contributed by atoms with Gasteiger partial charge in [0.2, 0.25) is 5.95 Å². The molecule has 1 aliphatic rings. The first-order valence-electron chi connectivity index (χ1n) is 6.16. The Kier molecular flexibility index (Phi) is 2.08. The highest BCUT2D eigenvalue weighted by molar-refractivity contribution is 7.22. The number of fused-ring (bicyclic) bond motifs is 5. The molecule has 2 heterocycles. The molecule has 0 bridgehead atoms. The number of nitrogens with two attached hydrogens (primary N) is 2. The van der Waals surface area contributed by atoms with Crippen LogP contribution in [0.4, 0.5) is 11.8 Å². The van der Waals surface area contributed by atoms with Gasteiger partial charge in [-0.15, -0.1) is 11.3 Å². The molecule has 0 fully saturated rings. The van der Waals surface area contributed by atoms with Crippen LogP contribution in [-0.2, 0) is 12.8 Å². The van der Waals surface area contributed by atoms with Gasteiger partial charge < -0.3 is 11.5 Å². The fourth-order valence-corrected chi connectivity index (χ4v) is 4.08. The molecule has 19 heavy (non-hydrogen) atoms. The van der Waals surface area contributed by atoms with E-state index in [-0.39, 0.29) is 5.95 Å². The summed E-state index contributed by atoms with van der Waals surface area (Å²) in [5.41, 5.74) is 15.7. The molecule has 0 aliphatic heterocycles. The van der Waals surface area contributed by atoms with Gasteiger partial charge in [-0.1, -0.05) is 24.3 Å². The Morgan fingerprint density at radius 3 is 2.79 bits per heavy atom. The molecule has 1 aromatic carbocycles. The minimum Gasteiger partial charge on any atom is -0.383 e. The van der Waals surface area contributed by atoms with Gasteiger partial charge in [-0.2, -0.15) is 4.98 Å². The zero-order valence-corrected chi connectivity index (χ0v) is 11.0. The molecule has 4 nitrogen and oxygen atoms in total. The van der Waals surface area contributed by atoms with Gasteiger partial charge in [0, 0.05) is 4.88 Å². The van der Waals surface area contributed by atoms with Crippen molar-refractivity contribution in [3.05, 3.63) is 35.4 Å². The Hall–Kier alpha value is -2.14. The number of anilines is 2. The van der Waals surface area contributed by atoms with E-state index in [1.807, 2.05) is 0 Å². The molecule has 4 rings (SSSR count). The third-order valence-electron chi connectivity index (χ3n) is 3.60. The van der Waals surface area contributed by atoms with Crippen molar-refractivity contribution in [2.75, 3.05) is 11.5 Å². The number of benzene rings is 1. The lowest BCUT2D eigenvalue weighted by atomic mass is 9.90. The molecule has 5 heteroatoms. The molecular weight excluding hydrogens is 256 g/mol. The van der Waals surface area contributed by atoms with Crippen LogP contribution < -0.4 is 11.5 Å². The highest BCUT2D eigenvalue weighted by Gasteiger charge is 2.23. The normalized spacial score (nSPS) is 13.3. The van der Waals surface area contributed by atoms with Crippen molar-refractivity contribution in [2.24, 2.45) is 0 Å². The molecule has 0 unspecified atom stereocenters. The molecule has 0 radical (unpaired) electrons. The Labute approximate surface area is 114 Å². The highest BCUT2D eigenvalue weighted by Crippen LogP contribution is 2.44. The van der Waals surface area contributed by atoms with E-state index >= 15 is 0 Å². The average Bonchev–Trinajstić information content (AvgIpc) is 2.77. The van der Waals surface area contributed by atoms with Crippen LogP contribution in [-0.4, -0.2) is 9.97 Å². The van der Waals surface area contributed by atoms with Gasteiger partial charge in [0.1, 0.15) is 10.6 Å². The summed E-state index contributed by atoms with van der Waals surface area (Å²) in [5, 5.41) is 0.990. The monoisotopic (exact) mass is 268 g/mol. The van der Waals surface area contributed by atoms with E-state index < -0.39 is 0 Å². The lowest BCUT2D eigenvalue weighted by Crippen LogP contribution is -2.03. The Bertz CT molecular complexity index is 807. The fraction of sp³-hybridized carbons (Fsp3) is 0.143. The van der Waals surface area contributed by atoms with Crippen molar-refractivity contribution in [3.63, 3.8) is 0 Å². The first-order chi connectivity index (χ1) is 9.24. The molecular formula is C14H12N4S. The molecule has 0 saturated carbocycles. The Morgan fingerprint density at radius 2 is 1.89 bits per heavy atom. The van der Waals surface area contributed by atoms with E-state index in [0.29, 0.717) is 5.82 Å². The van der Waals surface area contributed by atoms with Crippen LogP contribution in [0.3, 0.4) is 0 Å². The summed E-state index contributed by atoms with van der Waals surface area (Å²) in [4.78, 5) is 10.6. The number of thiophene rings is 1. The van der Waals surface area contributed by atoms with Crippen molar-refractivity contribution in [1.82, 2.24) is 9.97 Å². The molecule has 94 valence electrons. The van der Waals surface area contributed by atoms with Gasteiger partial charge in [0.25, 0.3) is 0 Å². The van der Waals surface area contributed by atoms with Gasteiger partial charge in [-0.3, -0.25) is 0 Å². The van der Waals surface area contributed by atoms with E-state index in [1.165, 1.54) is 21.6 Å². The number of hydrogen-bond donors (Lipinski definition) is 2. The number of nitrogens with zero attached hydrogens (tertiary/aromatic N) is 2. The summed E-state index contributed by atoms with van der Waals surface area (Å²) in [6.45, 7) is 0. The maximum absolute atomic E-state index is 6.02. The van der Waals surface area contributed by atoms with Crippen molar-refractivity contribution in [3.8, 4) is 10.4 Å². The summed E-state index contributed by atoms with van der Waals surface area (Å²) >= 11 is 1.66. The second kappa shape index (κ2) is 3.68. The average molecular weight is 268 g/mol. The number of nitrogen functional groups attached to an aromatic ring is 2. The zero-order valence-electron chi connectivity index (χ0n) is 10.2. The molecule has 3 aromatic rings.